The van der Waals surface area contributed by atoms with Crippen molar-refractivity contribution in [3.63, 3.8) is 0 Å². The summed E-state index contributed by atoms with van der Waals surface area (Å²) in [4.78, 5) is 12.2. The lowest BCUT2D eigenvalue weighted by molar-refractivity contribution is -0.527. The van der Waals surface area contributed by atoms with Crippen molar-refractivity contribution in [1.82, 2.24) is 10.9 Å². The quantitative estimate of drug-likeness (QED) is 0.579. The zero-order valence-corrected chi connectivity index (χ0v) is 14.3. The number of benzene rings is 1. The van der Waals surface area contributed by atoms with E-state index in [0.29, 0.717) is 17.1 Å². The first-order valence-electron chi connectivity index (χ1n) is 7.60. The van der Waals surface area contributed by atoms with Crippen LogP contribution in [0.4, 0.5) is 0 Å². The maximum Gasteiger partial charge on any atom is 0.671 e. The number of nitrogens with zero attached hydrogens (tertiary/aromatic N) is 2. The zero-order valence-electron chi connectivity index (χ0n) is 14.3. The normalized spacial score (nSPS) is 11.1. The average Bonchev–Trinajstić information content (AvgIpc) is 2.66. The summed E-state index contributed by atoms with van der Waals surface area (Å²) >= 11 is 0. The zero-order chi connectivity index (χ0) is 18.2. The first kappa shape index (κ1) is 18.3. The van der Waals surface area contributed by atoms with Crippen molar-refractivity contribution < 1.29 is 18.7 Å². The second-order valence-corrected chi connectivity index (χ2v) is 5.22. The number of pyridine rings is 1. The molecule has 2 rings (SSSR count). The van der Waals surface area contributed by atoms with Crippen molar-refractivity contribution in [2.45, 2.75) is 13.0 Å². The van der Waals surface area contributed by atoms with Crippen LogP contribution in [0, 0.1) is 11.2 Å². The number of ether oxygens (including phenoxy) is 2. The number of methoxy groups -OCH3 is 2. The van der Waals surface area contributed by atoms with E-state index in [0.717, 1.165) is 5.56 Å². The van der Waals surface area contributed by atoms with E-state index in [2.05, 4.69) is 10.9 Å². The summed E-state index contributed by atoms with van der Waals surface area (Å²) in [7, 11) is 4.51. The highest BCUT2D eigenvalue weighted by atomic mass is 16.5. The average molecular weight is 338 g/mol. The number of hydrogen-bond acceptors (Lipinski definition) is 5. The summed E-state index contributed by atoms with van der Waals surface area (Å²) < 4.78 is 12.1. The second kappa shape index (κ2) is 8.71. The molecule has 2 aromatic rings. The van der Waals surface area contributed by atoms with Gasteiger partial charge in [-0.1, -0.05) is 6.07 Å². The molecule has 0 aliphatic rings. The topological polar surface area (TPSA) is 87.3 Å². The molecule has 0 aliphatic heterocycles. The number of hydrogen-bond donors (Lipinski definition) is 2. The highest BCUT2D eigenvalue weighted by molar-refractivity contribution is 6.35. The van der Waals surface area contributed by atoms with Crippen LogP contribution < -0.4 is 24.8 Å². The predicted molar refractivity (Wildman–Crippen MR) is 92.0 cm³/mol. The second-order valence-electron chi connectivity index (χ2n) is 5.22. The van der Waals surface area contributed by atoms with Crippen LogP contribution in [-0.4, -0.2) is 27.5 Å². The van der Waals surface area contributed by atoms with Gasteiger partial charge in [0.15, 0.2) is 0 Å². The largest absolute Gasteiger partial charge is 0.671 e. The molecular formula is C17H19BN4O3+. The smallest absolute Gasteiger partial charge is 0.497 e. The maximum atomic E-state index is 12.2. The van der Waals surface area contributed by atoms with Gasteiger partial charge < -0.3 is 9.47 Å². The summed E-state index contributed by atoms with van der Waals surface area (Å²) in [5, 5.41) is 8.59. The third kappa shape index (κ3) is 4.72. The van der Waals surface area contributed by atoms with E-state index >= 15 is 0 Å². The third-order valence-corrected chi connectivity index (χ3v) is 3.63. The fraction of sp³-hybridized carbons (Fsp3) is 0.235. The van der Waals surface area contributed by atoms with Gasteiger partial charge in [0.05, 0.1) is 25.8 Å². The van der Waals surface area contributed by atoms with Crippen molar-refractivity contribution in [2.75, 3.05) is 14.2 Å². The van der Waals surface area contributed by atoms with Gasteiger partial charge in [-0.15, -0.1) is 0 Å². The molecule has 1 amide bonds. The van der Waals surface area contributed by atoms with Crippen LogP contribution in [0.5, 0.6) is 11.5 Å². The molecule has 2 N–H and O–H groups in total. The SMILES string of the molecule is COc1ccc(C(C)NNC(=O)c2cc[n+]([B]C#N)cc2)c(OC)c1. The Kier molecular flexibility index (Phi) is 6.37. The molecule has 1 atom stereocenters. The van der Waals surface area contributed by atoms with E-state index in [1.165, 1.54) is 7.41 Å². The minimum Gasteiger partial charge on any atom is -0.497 e. The lowest BCUT2D eigenvalue weighted by atomic mass is 9.98. The van der Waals surface area contributed by atoms with Crippen molar-refractivity contribution >= 4 is 13.3 Å². The van der Waals surface area contributed by atoms with Crippen LogP contribution in [0.1, 0.15) is 28.9 Å². The molecule has 0 aliphatic carbocycles. The number of aromatic nitrogens is 1. The number of nitriles is 1. The molecule has 0 spiro atoms. The van der Waals surface area contributed by atoms with E-state index in [9.17, 15) is 4.79 Å². The van der Waals surface area contributed by atoms with E-state index in [4.69, 9.17) is 14.7 Å². The van der Waals surface area contributed by atoms with Gasteiger partial charge in [-0.3, -0.25) is 14.7 Å². The molecule has 0 saturated carbocycles. The predicted octanol–water partition coefficient (Wildman–Crippen LogP) is 0.935. The Bertz CT molecular complexity index is 774. The Morgan fingerprint density at radius 3 is 2.56 bits per heavy atom. The molecule has 1 unspecified atom stereocenters. The van der Waals surface area contributed by atoms with Gasteiger partial charge >= 0.3 is 7.41 Å². The standard InChI is InChI=1S/C17H19BN4O3/c1-12(15-5-4-14(24-2)10-16(15)25-3)20-21-17(23)13-6-8-22(9-7-13)18-11-19/h4-10,12,20H,1-3H3,(H,21,23)/q+1. The molecule has 0 bridgehead atoms. The highest BCUT2D eigenvalue weighted by Crippen LogP contribution is 2.28. The van der Waals surface area contributed by atoms with Crippen molar-refractivity contribution in [3.05, 3.63) is 53.9 Å². The molecule has 25 heavy (non-hydrogen) atoms. The lowest BCUT2D eigenvalue weighted by Gasteiger charge is -2.18. The van der Waals surface area contributed by atoms with E-state index in [1.807, 2.05) is 25.0 Å². The molecule has 1 aromatic heterocycles. The molecule has 127 valence electrons. The fourth-order valence-corrected chi connectivity index (χ4v) is 2.24. The summed E-state index contributed by atoms with van der Waals surface area (Å²) in [5.41, 5.74) is 6.99. The van der Waals surface area contributed by atoms with Crippen LogP contribution in [0.15, 0.2) is 42.7 Å². The van der Waals surface area contributed by atoms with Gasteiger partial charge in [0.1, 0.15) is 29.9 Å². The highest BCUT2D eigenvalue weighted by Gasteiger charge is 2.15. The van der Waals surface area contributed by atoms with Crippen LogP contribution in [0.25, 0.3) is 0 Å². The van der Waals surface area contributed by atoms with Gasteiger partial charge in [-0.2, -0.15) is 0 Å². The molecule has 1 radical (unpaired) electrons. The van der Waals surface area contributed by atoms with Crippen molar-refractivity contribution in [1.29, 1.82) is 5.26 Å². The van der Waals surface area contributed by atoms with Gasteiger partial charge in [0, 0.05) is 23.8 Å². The summed E-state index contributed by atoms with van der Waals surface area (Å²) in [6, 6.07) is 8.58. The van der Waals surface area contributed by atoms with Crippen molar-refractivity contribution in [3.8, 4) is 17.5 Å². The van der Waals surface area contributed by atoms with Crippen molar-refractivity contribution in [2.24, 2.45) is 0 Å². The summed E-state index contributed by atoms with van der Waals surface area (Å²) in [6.07, 6.45) is 3.27. The van der Waals surface area contributed by atoms with Gasteiger partial charge in [-0.25, -0.2) is 10.7 Å². The van der Waals surface area contributed by atoms with E-state index < -0.39 is 0 Å². The fourth-order valence-electron chi connectivity index (χ4n) is 2.24. The first-order valence-corrected chi connectivity index (χ1v) is 7.60. The van der Waals surface area contributed by atoms with E-state index in [1.54, 1.807) is 49.3 Å². The van der Waals surface area contributed by atoms with Gasteiger partial charge in [0.2, 0.25) is 0 Å². The number of carbonyl (C=O) groups is 1. The number of rotatable bonds is 7. The molecule has 0 fully saturated rings. The Hall–Kier alpha value is -3.05. The van der Waals surface area contributed by atoms with Crippen LogP contribution in [-0.2, 0) is 0 Å². The monoisotopic (exact) mass is 338 g/mol. The number of nitrogens with one attached hydrogen (secondary N) is 2. The first-order chi connectivity index (χ1) is 12.1. The van der Waals surface area contributed by atoms with Crippen LogP contribution >= 0.6 is 0 Å². The number of hydrazine groups is 1. The molecule has 8 heteroatoms. The molecule has 1 heterocycles. The Labute approximate surface area is 147 Å². The molecule has 7 nitrogen and oxygen atoms in total. The number of amides is 1. The third-order valence-electron chi connectivity index (χ3n) is 3.63. The van der Waals surface area contributed by atoms with Gasteiger partial charge in [0.25, 0.3) is 5.91 Å². The van der Waals surface area contributed by atoms with Gasteiger partial charge in [-0.05, 0) is 13.0 Å². The Balaban J connectivity index is 2.00. The molecule has 1 aromatic carbocycles. The minimum absolute atomic E-state index is 0.176. The number of carbonyl (C=O) groups excluding carboxylic acids is 1. The molecular weight excluding hydrogens is 319 g/mol. The van der Waals surface area contributed by atoms with E-state index in [-0.39, 0.29) is 11.9 Å². The summed E-state index contributed by atoms with van der Waals surface area (Å²) in [6.45, 7) is 1.91. The summed E-state index contributed by atoms with van der Waals surface area (Å²) in [5.74, 6) is 3.01. The van der Waals surface area contributed by atoms with Crippen LogP contribution in [0.2, 0.25) is 0 Å². The van der Waals surface area contributed by atoms with Crippen LogP contribution in [0.3, 0.4) is 0 Å². The minimum atomic E-state index is -0.275. The maximum absolute atomic E-state index is 12.2. The Morgan fingerprint density at radius 1 is 1.24 bits per heavy atom. The lowest BCUT2D eigenvalue weighted by Crippen LogP contribution is -2.41. The Morgan fingerprint density at radius 2 is 1.96 bits per heavy atom. The molecule has 0 saturated heterocycles.